The second kappa shape index (κ2) is 7.06. The summed E-state index contributed by atoms with van der Waals surface area (Å²) in [5.74, 6) is 0. The first-order valence-corrected chi connectivity index (χ1v) is 7.46. The number of nitrogens with zero attached hydrogens (tertiary/aromatic N) is 2. The SMILES string of the molecule is CCCCC(CCC)Nc1nc2c([N+](=O)[O-])cccc2o1. The molecule has 6 heteroatoms. The van der Waals surface area contributed by atoms with E-state index < -0.39 is 4.92 Å². The number of unbranched alkanes of at least 4 members (excludes halogenated alkanes) is 1. The van der Waals surface area contributed by atoms with Gasteiger partial charge in [-0.1, -0.05) is 39.2 Å². The number of nitrogens with one attached hydrogen (secondary N) is 1. The molecular weight excluding hydrogens is 270 g/mol. The van der Waals surface area contributed by atoms with E-state index in [0.29, 0.717) is 23.2 Å². The molecule has 0 aliphatic carbocycles. The van der Waals surface area contributed by atoms with E-state index in [1.54, 1.807) is 12.1 Å². The van der Waals surface area contributed by atoms with Gasteiger partial charge in [0.1, 0.15) is 0 Å². The fourth-order valence-corrected chi connectivity index (χ4v) is 2.41. The lowest BCUT2D eigenvalue weighted by atomic mass is 10.1. The van der Waals surface area contributed by atoms with Gasteiger partial charge in [0, 0.05) is 12.1 Å². The summed E-state index contributed by atoms with van der Waals surface area (Å²) in [5, 5.41) is 14.3. The average Bonchev–Trinajstić information content (AvgIpc) is 2.86. The molecule has 0 saturated heterocycles. The Morgan fingerprint density at radius 3 is 2.81 bits per heavy atom. The maximum Gasteiger partial charge on any atom is 0.298 e. The molecule has 2 aromatic rings. The molecule has 21 heavy (non-hydrogen) atoms. The lowest BCUT2D eigenvalue weighted by molar-refractivity contribution is -0.383. The van der Waals surface area contributed by atoms with E-state index in [-0.39, 0.29) is 5.69 Å². The summed E-state index contributed by atoms with van der Waals surface area (Å²) in [4.78, 5) is 14.8. The van der Waals surface area contributed by atoms with Crippen LogP contribution in [0, 0.1) is 10.1 Å². The van der Waals surface area contributed by atoms with Crippen molar-refractivity contribution in [1.29, 1.82) is 0 Å². The van der Waals surface area contributed by atoms with Crippen LogP contribution < -0.4 is 5.32 Å². The molecule has 0 aliphatic rings. The van der Waals surface area contributed by atoms with Gasteiger partial charge >= 0.3 is 0 Å². The minimum Gasteiger partial charge on any atom is -0.423 e. The molecule has 1 atom stereocenters. The fraction of sp³-hybridized carbons (Fsp3) is 0.533. The van der Waals surface area contributed by atoms with Crippen molar-refractivity contribution < 1.29 is 9.34 Å². The van der Waals surface area contributed by atoms with E-state index in [1.165, 1.54) is 6.07 Å². The number of aromatic nitrogens is 1. The van der Waals surface area contributed by atoms with Crippen LogP contribution in [0.3, 0.4) is 0 Å². The Morgan fingerprint density at radius 1 is 1.33 bits per heavy atom. The zero-order chi connectivity index (χ0) is 15.2. The Hall–Kier alpha value is -2.11. The normalized spacial score (nSPS) is 12.5. The molecule has 1 aromatic carbocycles. The molecule has 0 radical (unpaired) electrons. The number of oxazole rings is 1. The maximum absolute atomic E-state index is 11.0. The van der Waals surface area contributed by atoms with Crippen molar-refractivity contribution in [2.24, 2.45) is 0 Å². The highest BCUT2D eigenvalue weighted by atomic mass is 16.6. The van der Waals surface area contributed by atoms with Gasteiger partial charge < -0.3 is 9.73 Å². The molecule has 0 spiro atoms. The van der Waals surface area contributed by atoms with Gasteiger partial charge in [0.15, 0.2) is 11.1 Å². The van der Waals surface area contributed by atoms with Crippen LogP contribution in [-0.4, -0.2) is 15.9 Å². The quantitative estimate of drug-likeness (QED) is 0.571. The van der Waals surface area contributed by atoms with Gasteiger partial charge in [0.05, 0.1) is 4.92 Å². The van der Waals surface area contributed by atoms with Gasteiger partial charge in [-0.2, -0.15) is 4.98 Å². The van der Waals surface area contributed by atoms with E-state index in [9.17, 15) is 10.1 Å². The highest BCUT2D eigenvalue weighted by molar-refractivity contribution is 5.84. The molecule has 0 saturated carbocycles. The Morgan fingerprint density at radius 2 is 2.14 bits per heavy atom. The van der Waals surface area contributed by atoms with Crippen molar-refractivity contribution in [1.82, 2.24) is 4.98 Å². The predicted octanol–water partition coefficient (Wildman–Crippen LogP) is 4.51. The number of rotatable bonds is 8. The van der Waals surface area contributed by atoms with Crippen molar-refractivity contribution in [3.63, 3.8) is 0 Å². The topological polar surface area (TPSA) is 81.2 Å². The van der Waals surface area contributed by atoms with Crippen LogP contribution in [0.4, 0.5) is 11.7 Å². The van der Waals surface area contributed by atoms with Crippen molar-refractivity contribution in [3.8, 4) is 0 Å². The zero-order valence-corrected chi connectivity index (χ0v) is 12.5. The Labute approximate surface area is 123 Å². The van der Waals surface area contributed by atoms with Crippen LogP contribution in [-0.2, 0) is 0 Å². The number of fused-ring (bicyclic) bond motifs is 1. The van der Waals surface area contributed by atoms with Gasteiger partial charge in [-0.05, 0) is 18.9 Å². The number of hydrogen-bond acceptors (Lipinski definition) is 5. The molecule has 0 amide bonds. The molecule has 1 heterocycles. The van der Waals surface area contributed by atoms with Crippen LogP contribution in [0.25, 0.3) is 11.1 Å². The lowest BCUT2D eigenvalue weighted by Crippen LogP contribution is -2.19. The fourth-order valence-electron chi connectivity index (χ4n) is 2.41. The maximum atomic E-state index is 11.0. The summed E-state index contributed by atoms with van der Waals surface area (Å²) >= 11 is 0. The number of anilines is 1. The lowest BCUT2D eigenvalue weighted by Gasteiger charge is -2.15. The third-order valence-corrected chi connectivity index (χ3v) is 3.47. The number of benzene rings is 1. The standard InChI is InChI=1S/C15H21N3O3/c1-3-5-8-11(7-4-2)16-15-17-14-12(18(19)20)9-6-10-13(14)21-15/h6,9-11H,3-5,7-8H2,1-2H3,(H,16,17). The molecule has 1 aromatic heterocycles. The molecular formula is C15H21N3O3. The van der Waals surface area contributed by atoms with Gasteiger partial charge in [-0.3, -0.25) is 10.1 Å². The third kappa shape index (κ3) is 3.71. The summed E-state index contributed by atoms with van der Waals surface area (Å²) in [7, 11) is 0. The monoisotopic (exact) mass is 291 g/mol. The van der Waals surface area contributed by atoms with Gasteiger partial charge in [0.25, 0.3) is 11.7 Å². The van der Waals surface area contributed by atoms with Crippen molar-refractivity contribution >= 4 is 22.8 Å². The van der Waals surface area contributed by atoms with E-state index in [0.717, 1.165) is 32.1 Å². The molecule has 0 fully saturated rings. The number of nitro groups is 1. The molecule has 1 N–H and O–H groups in total. The summed E-state index contributed by atoms with van der Waals surface area (Å²) in [6.07, 6.45) is 5.42. The Bertz CT molecular complexity index is 609. The van der Waals surface area contributed by atoms with Crippen LogP contribution in [0.2, 0.25) is 0 Å². The highest BCUT2D eigenvalue weighted by Gasteiger charge is 2.18. The van der Waals surface area contributed by atoms with E-state index in [1.807, 2.05) is 0 Å². The summed E-state index contributed by atoms with van der Waals surface area (Å²) in [6, 6.07) is 5.41. The first-order chi connectivity index (χ1) is 10.2. The van der Waals surface area contributed by atoms with Crippen LogP contribution >= 0.6 is 0 Å². The minimum absolute atomic E-state index is 0.0232. The summed E-state index contributed by atoms with van der Waals surface area (Å²) < 4.78 is 5.59. The van der Waals surface area contributed by atoms with Gasteiger partial charge in [-0.15, -0.1) is 0 Å². The molecule has 2 rings (SSSR count). The molecule has 1 unspecified atom stereocenters. The number of non-ortho nitro benzene ring substituents is 1. The van der Waals surface area contributed by atoms with Crippen molar-refractivity contribution in [3.05, 3.63) is 28.3 Å². The molecule has 0 bridgehead atoms. The highest BCUT2D eigenvalue weighted by Crippen LogP contribution is 2.28. The van der Waals surface area contributed by atoms with Crippen molar-refractivity contribution in [2.45, 2.75) is 52.0 Å². The van der Waals surface area contributed by atoms with E-state index in [4.69, 9.17) is 4.42 Å². The van der Waals surface area contributed by atoms with E-state index >= 15 is 0 Å². The van der Waals surface area contributed by atoms with E-state index in [2.05, 4.69) is 24.1 Å². The second-order valence-electron chi connectivity index (χ2n) is 5.17. The second-order valence-corrected chi connectivity index (χ2v) is 5.17. The largest absolute Gasteiger partial charge is 0.423 e. The third-order valence-electron chi connectivity index (χ3n) is 3.47. The smallest absolute Gasteiger partial charge is 0.298 e. The number of nitro benzene ring substituents is 1. The van der Waals surface area contributed by atoms with Crippen LogP contribution in [0.1, 0.15) is 46.0 Å². The summed E-state index contributed by atoms with van der Waals surface area (Å²) in [6.45, 7) is 4.29. The number of para-hydroxylation sites is 1. The first kappa shape index (κ1) is 15.3. The molecule has 114 valence electrons. The van der Waals surface area contributed by atoms with Crippen LogP contribution in [0.15, 0.2) is 22.6 Å². The zero-order valence-electron chi connectivity index (χ0n) is 12.5. The summed E-state index contributed by atoms with van der Waals surface area (Å²) in [5.41, 5.74) is 0.720. The minimum atomic E-state index is -0.435. The van der Waals surface area contributed by atoms with Crippen molar-refractivity contribution in [2.75, 3.05) is 5.32 Å². The van der Waals surface area contributed by atoms with Gasteiger partial charge in [-0.25, -0.2) is 0 Å². The molecule has 6 nitrogen and oxygen atoms in total. The first-order valence-electron chi connectivity index (χ1n) is 7.46. The van der Waals surface area contributed by atoms with Gasteiger partial charge in [0.2, 0.25) is 0 Å². The van der Waals surface area contributed by atoms with Crippen LogP contribution in [0.5, 0.6) is 0 Å². The Kier molecular flexibility index (Phi) is 5.14. The number of hydrogen-bond donors (Lipinski definition) is 1. The Balaban J connectivity index is 2.21. The molecule has 0 aliphatic heterocycles. The average molecular weight is 291 g/mol. The predicted molar refractivity (Wildman–Crippen MR) is 82.5 cm³/mol.